The highest BCUT2D eigenvalue weighted by molar-refractivity contribution is 7.89. The highest BCUT2D eigenvalue weighted by atomic mass is 32.2. The van der Waals surface area contributed by atoms with Gasteiger partial charge in [-0.25, -0.2) is 8.42 Å². The highest BCUT2D eigenvalue weighted by Gasteiger charge is 2.33. The van der Waals surface area contributed by atoms with E-state index < -0.39 is 10.0 Å². The normalized spacial score (nSPS) is 20.7. The molecule has 1 heterocycles. The standard InChI is InChI=1S/C14H21NO2S/c1-4-14-13-7-6-11(3)10-12(13)8-9-15(14)18(16,17)5-2/h6-7,10,14H,4-5,8-9H2,1-3H3. The molecule has 2 rings (SSSR count). The quantitative estimate of drug-likeness (QED) is 0.844. The number of hydrogen-bond donors (Lipinski definition) is 0. The molecule has 4 heteroatoms. The van der Waals surface area contributed by atoms with Crippen molar-refractivity contribution in [1.29, 1.82) is 0 Å². The van der Waals surface area contributed by atoms with E-state index in [1.54, 1.807) is 11.2 Å². The molecule has 1 atom stereocenters. The number of fused-ring (bicyclic) bond motifs is 1. The van der Waals surface area contributed by atoms with Gasteiger partial charge in [0.15, 0.2) is 0 Å². The van der Waals surface area contributed by atoms with Gasteiger partial charge in [0.25, 0.3) is 0 Å². The van der Waals surface area contributed by atoms with Crippen molar-refractivity contribution >= 4 is 10.0 Å². The minimum absolute atomic E-state index is 0.0132. The van der Waals surface area contributed by atoms with E-state index in [4.69, 9.17) is 0 Å². The first kappa shape index (κ1) is 13.6. The molecule has 18 heavy (non-hydrogen) atoms. The monoisotopic (exact) mass is 267 g/mol. The maximum atomic E-state index is 12.1. The average Bonchev–Trinajstić information content (AvgIpc) is 2.36. The molecule has 0 amide bonds. The Hall–Kier alpha value is -0.870. The van der Waals surface area contributed by atoms with Crippen LogP contribution in [-0.4, -0.2) is 25.0 Å². The van der Waals surface area contributed by atoms with Gasteiger partial charge in [-0.3, -0.25) is 0 Å². The molecule has 100 valence electrons. The number of benzene rings is 1. The highest BCUT2D eigenvalue weighted by Crippen LogP contribution is 2.34. The van der Waals surface area contributed by atoms with E-state index in [2.05, 4.69) is 32.0 Å². The van der Waals surface area contributed by atoms with Crippen LogP contribution >= 0.6 is 0 Å². The summed E-state index contributed by atoms with van der Waals surface area (Å²) in [5.74, 6) is 0.185. The van der Waals surface area contributed by atoms with E-state index in [0.29, 0.717) is 6.54 Å². The Labute approximate surface area is 110 Å². The van der Waals surface area contributed by atoms with E-state index in [-0.39, 0.29) is 11.8 Å². The predicted molar refractivity (Wildman–Crippen MR) is 74.1 cm³/mol. The molecule has 1 unspecified atom stereocenters. The zero-order valence-corrected chi connectivity index (χ0v) is 12.1. The van der Waals surface area contributed by atoms with Crippen LogP contribution in [0.3, 0.4) is 0 Å². The fourth-order valence-corrected chi connectivity index (χ4v) is 4.09. The second-order valence-corrected chi connectivity index (χ2v) is 7.10. The summed E-state index contributed by atoms with van der Waals surface area (Å²) in [4.78, 5) is 0. The predicted octanol–water partition coefficient (Wildman–Crippen LogP) is 2.65. The molecule has 0 aromatic heterocycles. The van der Waals surface area contributed by atoms with Crippen molar-refractivity contribution in [3.8, 4) is 0 Å². The smallest absolute Gasteiger partial charge is 0.212 e. The average molecular weight is 267 g/mol. The van der Waals surface area contributed by atoms with Crippen molar-refractivity contribution in [3.63, 3.8) is 0 Å². The van der Waals surface area contributed by atoms with Crippen LogP contribution in [0.1, 0.15) is 43.0 Å². The summed E-state index contributed by atoms with van der Waals surface area (Å²) in [6.07, 6.45) is 1.65. The number of sulfonamides is 1. The summed E-state index contributed by atoms with van der Waals surface area (Å²) < 4.78 is 25.9. The van der Waals surface area contributed by atoms with Crippen molar-refractivity contribution in [2.24, 2.45) is 0 Å². The Bertz CT molecular complexity index is 537. The molecule has 1 aliphatic heterocycles. The van der Waals surface area contributed by atoms with Crippen LogP contribution < -0.4 is 0 Å². The Kier molecular flexibility index (Phi) is 3.78. The van der Waals surface area contributed by atoms with E-state index in [0.717, 1.165) is 12.8 Å². The van der Waals surface area contributed by atoms with Gasteiger partial charge in [-0.05, 0) is 37.8 Å². The first-order valence-electron chi connectivity index (χ1n) is 6.58. The maximum absolute atomic E-state index is 12.1. The summed E-state index contributed by atoms with van der Waals surface area (Å²) >= 11 is 0. The van der Waals surface area contributed by atoms with Crippen molar-refractivity contribution in [2.75, 3.05) is 12.3 Å². The molecule has 0 aliphatic carbocycles. The topological polar surface area (TPSA) is 37.4 Å². The number of hydrogen-bond acceptors (Lipinski definition) is 2. The summed E-state index contributed by atoms with van der Waals surface area (Å²) in [6.45, 7) is 6.46. The number of rotatable bonds is 3. The van der Waals surface area contributed by atoms with Gasteiger partial charge in [0.05, 0.1) is 5.75 Å². The zero-order valence-electron chi connectivity index (χ0n) is 11.3. The third kappa shape index (κ3) is 2.31. The van der Waals surface area contributed by atoms with E-state index in [9.17, 15) is 8.42 Å². The molecule has 0 spiro atoms. The van der Waals surface area contributed by atoms with Gasteiger partial charge in [0, 0.05) is 12.6 Å². The SMILES string of the molecule is CCC1c2ccc(C)cc2CCN1S(=O)(=O)CC. The lowest BCUT2D eigenvalue weighted by molar-refractivity contribution is 0.301. The molecule has 0 saturated carbocycles. The number of aryl methyl sites for hydroxylation is 1. The van der Waals surface area contributed by atoms with Gasteiger partial charge in [0.2, 0.25) is 10.0 Å². The minimum atomic E-state index is -3.10. The molecule has 0 bridgehead atoms. The van der Waals surface area contributed by atoms with Crippen LogP contribution in [0.25, 0.3) is 0 Å². The lowest BCUT2D eigenvalue weighted by Gasteiger charge is -2.35. The molecule has 0 N–H and O–H groups in total. The van der Waals surface area contributed by atoms with Crippen molar-refractivity contribution in [2.45, 2.75) is 39.7 Å². The lowest BCUT2D eigenvalue weighted by atomic mass is 9.91. The third-order valence-corrected chi connectivity index (χ3v) is 5.60. The molecular formula is C14H21NO2S. The Morgan fingerprint density at radius 3 is 2.67 bits per heavy atom. The zero-order chi connectivity index (χ0) is 13.3. The second kappa shape index (κ2) is 5.02. The maximum Gasteiger partial charge on any atom is 0.214 e. The van der Waals surface area contributed by atoms with Gasteiger partial charge >= 0.3 is 0 Å². The van der Waals surface area contributed by atoms with Gasteiger partial charge in [0.1, 0.15) is 0 Å². The van der Waals surface area contributed by atoms with Gasteiger partial charge in [-0.2, -0.15) is 4.31 Å². The summed E-state index contributed by atoms with van der Waals surface area (Å²) in [6, 6.07) is 6.37. The molecule has 1 aromatic rings. The van der Waals surface area contributed by atoms with Crippen molar-refractivity contribution in [3.05, 3.63) is 34.9 Å². The van der Waals surface area contributed by atoms with Crippen LogP contribution in [0.2, 0.25) is 0 Å². The summed E-state index contributed by atoms with van der Waals surface area (Å²) in [5.41, 5.74) is 3.74. The van der Waals surface area contributed by atoms with Crippen molar-refractivity contribution < 1.29 is 8.42 Å². The lowest BCUT2D eigenvalue weighted by Crippen LogP contribution is -2.40. The van der Waals surface area contributed by atoms with Crippen LogP contribution in [0.5, 0.6) is 0 Å². The van der Waals surface area contributed by atoms with Crippen LogP contribution in [0.4, 0.5) is 0 Å². The first-order chi connectivity index (χ1) is 8.49. The first-order valence-corrected chi connectivity index (χ1v) is 8.19. The Morgan fingerprint density at radius 1 is 1.33 bits per heavy atom. The van der Waals surface area contributed by atoms with E-state index in [1.165, 1.54) is 16.7 Å². The van der Waals surface area contributed by atoms with Crippen LogP contribution in [0.15, 0.2) is 18.2 Å². The summed E-state index contributed by atoms with van der Waals surface area (Å²) in [7, 11) is -3.10. The molecular weight excluding hydrogens is 246 g/mol. The third-order valence-electron chi connectivity index (χ3n) is 3.72. The van der Waals surface area contributed by atoms with Gasteiger partial charge in [-0.15, -0.1) is 0 Å². The molecule has 1 aromatic carbocycles. The molecule has 0 radical (unpaired) electrons. The minimum Gasteiger partial charge on any atom is -0.212 e. The Balaban J connectivity index is 2.45. The molecule has 0 fully saturated rings. The second-order valence-electron chi connectivity index (χ2n) is 4.89. The fraction of sp³-hybridized carbons (Fsp3) is 0.571. The van der Waals surface area contributed by atoms with Crippen LogP contribution in [0, 0.1) is 6.92 Å². The molecule has 3 nitrogen and oxygen atoms in total. The van der Waals surface area contributed by atoms with Crippen molar-refractivity contribution in [1.82, 2.24) is 4.31 Å². The largest absolute Gasteiger partial charge is 0.214 e. The van der Waals surface area contributed by atoms with E-state index >= 15 is 0 Å². The van der Waals surface area contributed by atoms with Crippen LogP contribution in [-0.2, 0) is 16.4 Å². The van der Waals surface area contributed by atoms with Gasteiger partial charge in [-0.1, -0.05) is 30.7 Å². The number of nitrogens with zero attached hydrogens (tertiary/aromatic N) is 1. The molecule has 1 aliphatic rings. The molecule has 0 saturated heterocycles. The summed E-state index contributed by atoms with van der Waals surface area (Å²) in [5, 5.41) is 0. The van der Waals surface area contributed by atoms with E-state index in [1.807, 2.05) is 0 Å². The fourth-order valence-electron chi connectivity index (χ4n) is 2.74. The Morgan fingerprint density at radius 2 is 2.06 bits per heavy atom. The van der Waals surface area contributed by atoms with Gasteiger partial charge < -0.3 is 0 Å².